The third-order valence-corrected chi connectivity index (χ3v) is 10.7. The van der Waals surface area contributed by atoms with Crippen molar-refractivity contribution in [1.29, 1.82) is 0 Å². The predicted molar refractivity (Wildman–Crippen MR) is 183 cm³/mol. The average Bonchev–Trinajstić information content (AvgIpc) is 3.53. The van der Waals surface area contributed by atoms with Gasteiger partial charge in [-0.2, -0.15) is 0 Å². The Kier molecular flexibility index (Phi) is 6.41. The molecule has 4 unspecified atom stereocenters. The molecule has 0 N–H and O–H groups in total. The Morgan fingerprint density at radius 3 is 2.32 bits per heavy atom. The number of hydrogen-bond acceptors (Lipinski definition) is 4. The first kappa shape index (κ1) is 27.5. The molecule has 224 valence electrons. The summed E-state index contributed by atoms with van der Waals surface area (Å²) in [6.45, 7) is 16.0. The van der Waals surface area contributed by atoms with Crippen molar-refractivity contribution < 1.29 is 4.42 Å². The Morgan fingerprint density at radius 1 is 0.886 bits per heavy atom. The number of furan rings is 1. The molecule has 0 spiro atoms. The smallest absolute Gasteiger partial charge is 0.134 e. The van der Waals surface area contributed by atoms with E-state index in [2.05, 4.69) is 130 Å². The van der Waals surface area contributed by atoms with Crippen LogP contribution in [-0.2, 0) is 0 Å². The summed E-state index contributed by atoms with van der Waals surface area (Å²) in [5.74, 6) is 2.96. The number of nitrogens with zero attached hydrogens (tertiary/aromatic N) is 3. The van der Waals surface area contributed by atoms with Crippen molar-refractivity contribution in [3.05, 3.63) is 107 Å². The molecular weight excluding hydrogens is 538 g/mol. The van der Waals surface area contributed by atoms with E-state index in [1.165, 1.54) is 50.3 Å². The van der Waals surface area contributed by atoms with Crippen molar-refractivity contribution in [3.63, 3.8) is 0 Å². The zero-order valence-corrected chi connectivity index (χ0v) is 26.8. The zero-order chi connectivity index (χ0) is 30.3. The number of dihydropyridines is 1. The van der Waals surface area contributed by atoms with Crippen LogP contribution in [0.1, 0.15) is 88.2 Å². The number of hydrogen-bond donors (Lipinski definition) is 0. The van der Waals surface area contributed by atoms with E-state index >= 15 is 0 Å². The summed E-state index contributed by atoms with van der Waals surface area (Å²) in [7, 11) is 0. The molecule has 3 aromatic carbocycles. The number of anilines is 1. The highest BCUT2D eigenvalue weighted by atomic mass is 16.3. The van der Waals surface area contributed by atoms with Crippen molar-refractivity contribution in [1.82, 2.24) is 4.90 Å². The van der Waals surface area contributed by atoms with Gasteiger partial charge in [0.15, 0.2) is 0 Å². The number of aliphatic imine (C=N–C) groups is 1. The standard InChI is InChI=1S/C40H43N3O/c1-23(2)32-20-29(27-12-8-7-9-13-27)21-33(24(3)4)38(32)43-37-26(6)41-19-18-34(37)42-22-28-16-17-31-30-14-10-11-15-35(30)44-39(31)36(25(28)5)40(42)43/h7-17,20-21,23-25,28,36,40H,18-19,22H2,1-6H3. The van der Waals surface area contributed by atoms with E-state index in [4.69, 9.17) is 9.41 Å². The van der Waals surface area contributed by atoms with Gasteiger partial charge in [0.05, 0.1) is 23.0 Å². The van der Waals surface area contributed by atoms with Crippen LogP contribution in [0.25, 0.3) is 28.2 Å². The van der Waals surface area contributed by atoms with Crippen molar-refractivity contribution in [2.24, 2.45) is 16.8 Å². The van der Waals surface area contributed by atoms with Gasteiger partial charge in [0.2, 0.25) is 0 Å². The fourth-order valence-electron chi connectivity index (χ4n) is 8.47. The largest absolute Gasteiger partial charge is 0.460 e. The zero-order valence-electron chi connectivity index (χ0n) is 26.8. The number of allylic oxidation sites excluding steroid dienone is 1. The van der Waals surface area contributed by atoms with E-state index in [0.29, 0.717) is 23.7 Å². The minimum absolute atomic E-state index is 0.131. The summed E-state index contributed by atoms with van der Waals surface area (Å²) in [4.78, 5) is 10.6. The van der Waals surface area contributed by atoms with Gasteiger partial charge < -0.3 is 14.2 Å². The van der Waals surface area contributed by atoms with E-state index in [9.17, 15) is 0 Å². The first-order valence-corrected chi connectivity index (χ1v) is 16.6. The molecule has 4 aromatic rings. The molecule has 4 atom stereocenters. The number of piperidine rings is 1. The normalized spacial score (nSPS) is 24.1. The maximum absolute atomic E-state index is 6.88. The van der Waals surface area contributed by atoms with E-state index in [1.54, 1.807) is 0 Å². The Labute approximate surface area is 261 Å². The molecule has 1 aliphatic carbocycles. The van der Waals surface area contributed by atoms with E-state index in [-0.39, 0.29) is 12.1 Å². The highest BCUT2D eigenvalue weighted by Crippen LogP contribution is 2.55. The van der Waals surface area contributed by atoms with Gasteiger partial charge in [-0.1, -0.05) is 95.3 Å². The summed E-state index contributed by atoms with van der Waals surface area (Å²) in [6, 6.07) is 24.4. The Balaban J connectivity index is 1.40. The second-order valence-electron chi connectivity index (χ2n) is 13.9. The van der Waals surface area contributed by atoms with Crippen molar-refractivity contribution in [2.75, 3.05) is 18.0 Å². The fourth-order valence-corrected chi connectivity index (χ4v) is 8.47. The van der Waals surface area contributed by atoms with Crippen LogP contribution in [0.2, 0.25) is 0 Å². The number of para-hydroxylation sites is 1. The second kappa shape index (κ2) is 10.3. The van der Waals surface area contributed by atoms with E-state index < -0.39 is 0 Å². The molecule has 1 fully saturated rings. The van der Waals surface area contributed by atoms with Crippen LogP contribution in [0.3, 0.4) is 0 Å². The van der Waals surface area contributed by atoms with Crippen LogP contribution in [-0.4, -0.2) is 29.9 Å². The molecule has 0 amide bonds. The lowest BCUT2D eigenvalue weighted by atomic mass is 9.75. The van der Waals surface area contributed by atoms with Crippen molar-refractivity contribution in [2.45, 2.75) is 71.9 Å². The molecule has 0 radical (unpaired) electrons. The monoisotopic (exact) mass is 581 g/mol. The van der Waals surface area contributed by atoms with Crippen LogP contribution in [0.4, 0.5) is 5.69 Å². The minimum Gasteiger partial charge on any atom is -0.460 e. The van der Waals surface area contributed by atoms with Crippen LogP contribution >= 0.6 is 0 Å². The fraction of sp³-hybridized carbons (Fsp3) is 0.375. The molecule has 44 heavy (non-hydrogen) atoms. The predicted octanol–water partition coefficient (Wildman–Crippen LogP) is 9.95. The van der Waals surface area contributed by atoms with E-state index in [1.807, 2.05) is 0 Å². The molecule has 3 aliphatic heterocycles. The molecule has 4 heteroatoms. The van der Waals surface area contributed by atoms with Gasteiger partial charge in [0, 0.05) is 36.2 Å². The summed E-state index contributed by atoms with van der Waals surface area (Å²) in [5.41, 5.74) is 13.0. The molecule has 2 bridgehead atoms. The molecule has 8 rings (SSSR count). The van der Waals surface area contributed by atoms with Crippen molar-refractivity contribution in [3.8, 4) is 11.1 Å². The maximum Gasteiger partial charge on any atom is 0.134 e. The van der Waals surface area contributed by atoms with Crippen LogP contribution < -0.4 is 4.90 Å². The maximum atomic E-state index is 6.88. The number of rotatable bonds is 4. The summed E-state index contributed by atoms with van der Waals surface area (Å²) >= 11 is 0. The van der Waals surface area contributed by atoms with Crippen LogP contribution in [0, 0.1) is 11.8 Å². The molecule has 4 nitrogen and oxygen atoms in total. The first-order chi connectivity index (χ1) is 21.3. The first-order valence-electron chi connectivity index (χ1n) is 16.6. The van der Waals surface area contributed by atoms with E-state index in [0.717, 1.165) is 36.6 Å². The summed E-state index contributed by atoms with van der Waals surface area (Å²) in [5, 5.41) is 1.23. The topological polar surface area (TPSA) is 32.0 Å². The molecule has 1 saturated heterocycles. The van der Waals surface area contributed by atoms with Gasteiger partial charge in [0.25, 0.3) is 0 Å². The molecule has 4 heterocycles. The van der Waals surface area contributed by atoms with Crippen LogP contribution in [0.5, 0.6) is 0 Å². The summed E-state index contributed by atoms with van der Waals surface area (Å²) < 4.78 is 6.88. The third kappa shape index (κ3) is 3.99. The highest BCUT2D eigenvalue weighted by molar-refractivity contribution is 6.04. The van der Waals surface area contributed by atoms with Gasteiger partial charge in [-0.3, -0.25) is 4.99 Å². The molecule has 1 aromatic heterocycles. The Bertz CT molecular complexity index is 1830. The van der Waals surface area contributed by atoms with Gasteiger partial charge in [0.1, 0.15) is 17.5 Å². The lowest BCUT2D eigenvalue weighted by molar-refractivity contribution is 0.0976. The van der Waals surface area contributed by atoms with Crippen LogP contribution in [0.15, 0.2) is 93.6 Å². The molecular formula is C40H43N3O. The quantitative estimate of drug-likeness (QED) is 0.240. The van der Waals surface area contributed by atoms with Gasteiger partial charge >= 0.3 is 0 Å². The lowest BCUT2D eigenvalue weighted by Crippen LogP contribution is -2.54. The SMILES string of the molecule is CC1=NCCC2=C1N(c1c(C(C)C)cc(-c3ccccc3)cc1C(C)C)C1C3c4oc5ccccc5c4C=CC(CN21)C3C. The molecule has 0 saturated carbocycles. The number of fused-ring (bicyclic) bond motifs is 9. The van der Waals surface area contributed by atoms with Gasteiger partial charge in [-0.05, 0) is 71.0 Å². The van der Waals surface area contributed by atoms with Gasteiger partial charge in [-0.15, -0.1) is 0 Å². The highest BCUT2D eigenvalue weighted by Gasteiger charge is 2.54. The van der Waals surface area contributed by atoms with Gasteiger partial charge in [-0.25, -0.2) is 0 Å². The lowest BCUT2D eigenvalue weighted by Gasteiger charge is -2.49. The van der Waals surface area contributed by atoms with Crippen molar-refractivity contribution >= 4 is 28.4 Å². The number of benzene rings is 3. The Hall–Kier alpha value is -4.05. The average molecular weight is 582 g/mol. The molecule has 4 aliphatic rings. The Morgan fingerprint density at radius 2 is 1.59 bits per heavy atom. The minimum atomic E-state index is 0.131. The third-order valence-electron chi connectivity index (χ3n) is 10.7. The summed E-state index contributed by atoms with van der Waals surface area (Å²) in [6.07, 6.45) is 5.96. The second-order valence-corrected chi connectivity index (χ2v) is 13.9.